The summed E-state index contributed by atoms with van der Waals surface area (Å²) in [4.78, 5) is 0.431. The van der Waals surface area contributed by atoms with Crippen LogP contribution >= 0.6 is 15.9 Å². The Balaban J connectivity index is 2.42. The fourth-order valence-electron chi connectivity index (χ4n) is 1.88. The molecule has 0 saturated carbocycles. The molecule has 0 aliphatic carbocycles. The Morgan fingerprint density at radius 2 is 1.84 bits per heavy atom. The van der Waals surface area contributed by atoms with Gasteiger partial charge in [0, 0.05) is 11.4 Å². The van der Waals surface area contributed by atoms with Crippen LogP contribution < -0.4 is 4.72 Å². The maximum atomic E-state index is 11.9. The van der Waals surface area contributed by atoms with E-state index in [1.807, 2.05) is 37.3 Å². The third kappa shape index (κ3) is 7.09. The summed E-state index contributed by atoms with van der Waals surface area (Å²) >= 11 is 3.45. The van der Waals surface area contributed by atoms with Crippen LogP contribution in [0.4, 0.5) is 0 Å². The van der Waals surface area contributed by atoms with Gasteiger partial charge in [0.25, 0.3) is 0 Å². The van der Waals surface area contributed by atoms with E-state index in [1.54, 1.807) is 0 Å². The van der Waals surface area contributed by atoms with Crippen molar-refractivity contribution in [3.8, 4) is 0 Å². The lowest BCUT2D eigenvalue weighted by Gasteiger charge is -2.13. The molecule has 1 aromatic rings. The molecule has 0 aliphatic heterocycles. The van der Waals surface area contributed by atoms with Crippen LogP contribution in [0, 0.1) is 0 Å². The highest BCUT2D eigenvalue weighted by Crippen LogP contribution is 2.16. The van der Waals surface area contributed by atoms with Crippen LogP contribution in [0.2, 0.25) is 0 Å². The van der Waals surface area contributed by atoms with Gasteiger partial charge in [-0.2, -0.15) is 0 Å². The first-order valence-electron chi connectivity index (χ1n) is 6.57. The summed E-state index contributed by atoms with van der Waals surface area (Å²) in [6.45, 7) is 4.51. The maximum absolute atomic E-state index is 11.9. The zero-order chi connectivity index (χ0) is 14.3. The van der Waals surface area contributed by atoms with Crippen LogP contribution in [0.15, 0.2) is 30.3 Å². The Hall–Kier alpha value is -0.390. The molecule has 0 radical (unpaired) electrons. The number of halogens is 1. The summed E-state index contributed by atoms with van der Waals surface area (Å²) < 4.78 is 26.5. The molecular weight excluding hydrogens is 326 g/mol. The van der Waals surface area contributed by atoms with Crippen molar-refractivity contribution < 1.29 is 8.42 Å². The Bertz CT molecular complexity index is 460. The molecule has 0 spiro atoms. The van der Waals surface area contributed by atoms with Gasteiger partial charge in [-0.1, -0.05) is 60.1 Å². The molecule has 2 unspecified atom stereocenters. The average molecular weight is 348 g/mol. The molecule has 0 bridgehead atoms. The summed E-state index contributed by atoms with van der Waals surface area (Å²) in [5.74, 6) is 0.148. The predicted octanol–water partition coefficient (Wildman–Crippen LogP) is 3.27. The molecule has 1 N–H and O–H groups in total. The number of benzene rings is 1. The van der Waals surface area contributed by atoms with E-state index in [0.29, 0.717) is 11.4 Å². The van der Waals surface area contributed by atoms with E-state index < -0.39 is 10.0 Å². The highest BCUT2D eigenvalue weighted by molar-refractivity contribution is 9.09. The van der Waals surface area contributed by atoms with E-state index in [9.17, 15) is 8.42 Å². The third-order valence-electron chi connectivity index (χ3n) is 2.94. The van der Waals surface area contributed by atoms with Crippen LogP contribution in [0.25, 0.3) is 0 Å². The van der Waals surface area contributed by atoms with Crippen LogP contribution in [0.5, 0.6) is 0 Å². The Morgan fingerprint density at radius 1 is 1.21 bits per heavy atom. The minimum atomic E-state index is -3.19. The van der Waals surface area contributed by atoms with Crippen molar-refractivity contribution in [2.75, 3.05) is 12.3 Å². The maximum Gasteiger partial charge on any atom is 0.212 e. The molecule has 3 nitrogen and oxygen atoms in total. The molecule has 1 rings (SSSR count). The summed E-state index contributed by atoms with van der Waals surface area (Å²) in [5.41, 5.74) is 1.06. The standard InChI is InChI=1S/C14H22BrNO2S/c1-12(14-8-4-3-5-9-14)11-19(17,18)16-10-6-7-13(2)15/h3-5,8-9,12-13,16H,6-7,10-11H2,1-2H3. The summed E-state index contributed by atoms with van der Waals surface area (Å²) in [5, 5.41) is 0. The molecule has 0 heterocycles. The minimum Gasteiger partial charge on any atom is -0.215 e. The summed E-state index contributed by atoms with van der Waals surface area (Å²) in [7, 11) is -3.19. The first kappa shape index (κ1) is 16.7. The van der Waals surface area contributed by atoms with Gasteiger partial charge in [0.2, 0.25) is 10.0 Å². The largest absolute Gasteiger partial charge is 0.215 e. The molecule has 19 heavy (non-hydrogen) atoms. The number of hydrogen-bond donors (Lipinski definition) is 1. The second-order valence-electron chi connectivity index (χ2n) is 4.91. The van der Waals surface area contributed by atoms with Crippen LogP contribution in [-0.2, 0) is 10.0 Å². The van der Waals surface area contributed by atoms with Crippen molar-refractivity contribution in [2.45, 2.75) is 37.4 Å². The molecule has 5 heteroatoms. The van der Waals surface area contributed by atoms with Crippen molar-refractivity contribution in [3.63, 3.8) is 0 Å². The second kappa shape index (κ2) is 8.02. The lowest BCUT2D eigenvalue weighted by Crippen LogP contribution is -2.29. The molecular formula is C14H22BrNO2S. The molecule has 1 aromatic carbocycles. The number of nitrogens with one attached hydrogen (secondary N) is 1. The fourth-order valence-corrected chi connectivity index (χ4v) is 3.62. The van der Waals surface area contributed by atoms with Crippen LogP contribution in [0.3, 0.4) is 0 Å². The van der Waals surface area contributed by atoms with E-state index in [1.165, 1.54) is 0 Å². The molecule has 0 fully saturated rings. The van der Waals surface area contributed by atoms with Crippen molar-refractivity contribution in [1.82, 2.24) is 4.72 Å². The minimum absolute atomic E-state index is 0.00815. The summed E-state index contributed by atoms with van der Waals surface area (Å²) in [6, 6.07) is 9.73. The monoisotopic (exact) mass is 347 g/mol. The molecule has 108 valence electrons. The predicted molar refractivity (Wildman–Crippen MR) is 84.3 cm³/mol. The van der Waals surface area contributed by atoms with E-state index in [2.05, 4.69) is 27.6 Å². The zero-order valence-corrected chi connectivity index (χ0v) is 13.9. The third-order valence-corrected chi connectivity index (χ3v) is 4.98. The van der Waals surface area contributed by atoms with Crippen LogP contribution in [0.1, 0.15) is 38.2 Å². The van der Waals surface area contributed by atoms with Gasteiger partial charge in [0.15, 0.2) is 0 Å². The molecule has 0 aromatic heterocycles. The average Bonchev–Trinajstić information content (AvgIpc) is 2.35. The number of alkyl halides is 1. The van der Waals surface area contributed by atoms with E-state index in [-0.39, 0.29) is 11.7 Å². The normalized spacial score (nSPS) is 15.1. The lowest BCUT2D eigenvalue weighted by atomic mass is 10.0. The van der Waals surface area contributed by atoms with Gasteiger partial charge in [-0.3, -0.25) is 0 Å². The molecule has 0 saturated heterocycles. The lowest BCUT2D eigenvalue weighted by molar-refractivity contribution is 0.571. The van der Waals surface area contributed by atoms with Gasteiger partial charge in [-0.05, 0) is 24.3 Å². The first-order chi connectivity index (χ1) is 8.91. The van der Waals surface area contributed by atoms with E-state index in [0.717, 1.165) is 18.4 Å². The van der Waals surface area contributed by atoms with E-state index in [4.69, 9.17) is 0 Å². The fraction of sp³-hybridized carbons (Fsp3) is 0.571. The van der Waals surface area contributed by atoms with Gasteiger partial charge in [-0.15, -0.1) is 0 Å². The van der Waals surface area contributed by atoms with Crippen molar-refractivity contribution >= 4 is 26.0 Å². The number of hydrogen-bond acceptors (Lipinski definition) is 2. The number of sulfonamides is 1. The molecule has 0 amide bonds. The SMILES string of the molecule is CC(Br)CCCNS(=O)(=O)CC(C)c1ccccc1. The van der Waals surface area contributed by atoms with E-state index >= 15 is 0 Å². The first-order valence-corrected chi connectivity index (χ1v) is 9.14. The highest BCUT2D eigenvalue weighted by atomic mass is 79.9. The summed E-state index contributed by atoms with van der Waals surface area (Å²) in [6.07, 6.45) is 1.82. The smallest absolute Gasteiger partial charge is 0.212 e. The van der Waals surface area contributed by atoms with Gasteiger partial charge >= 0.3 is 0 Å². The Kier molecular flexibility index (Phi) is 7.04. The quantitative estimate of drug-likeness (QED) is 0.579. The second-order valence-corrected chi connectivity index (χ2v) is 8.33. The molecule has 2 atom stereocenters. The van der Waals surface area contributed by atoms with Gasteiger partial charge in [0.05, 0.1) is 5.75 Å². The highest BCUT2D eigenvalue weighted by Gasteiger charge is 2.16. The van der Waals surface area contributed by atoms with Crippen LogP contribution in [-0.4, -0.2) is 25.5 Å². The van der Waals surface area contributed by atoms with Gasteiger partial charge < -0.3 is 0 Å². The Labute approximate surface area is 125 Å². The zero-order valence-electron chi connectivity index (χ0n) is 11.5. The van der Waals surface area contributed by atoms with Crippen molar-refractivity contribution in [2.24, 2.45) is 0 Å². The van der Waals surface area contributed by atoms with Gasteiger partial charge in [-0.25, -0.2) is 13.1 Å². The topological polar surface area (TPSA) is 46.2 Å². The van der Waals surface area contributed by atoms with Crippen molar-refractivity contribution in [3.05, 3.63) is 35.9 Å². The van der Waals surface area contributed by atoms with Gasteiger partial charge in [0.1, 0.15) is 0 Å². The molecule has 0 aliphatic rings. The number of rotatable bonds is 8. The van der Waals surface area contributed by atoms with Crippen molar-refractivity contribution in [1.29, 1.82) is 0 Å². The Morgan fingerprint density at radius 3 is 2.42 bits per heavy atom.